The van der Waals surface area contributed by atoms with Crippen LogP contribution in [0, 0.1) is 5.82 Å². The Labute approximate surface area is 181 Å². The summed E-state index contributed by atoms with van der Waals surface area (Å²) in [5.41, 5.74) is 1.60. The van der Waals surface area contributed by atoms with Crippen molar-refractivity contribution in [2.24, 2.45) is 0 Å². The maximum atomic E-state index is 13.2. The molecular weight excluding hydrogens is 425 g/mol. The molecule has 0 unspecified atom stereocenters. The SMILES string of the molecule is COc1cc2c(cc1NC(=O)[C@@H](C)OC(=O)c1ccc(F)cc1Cl)oc1ccccc12. The van der Waals surface area contributed by atoms with Gasteiger partial charge in [0.05, 0.1) is 23.4 Å². The van der Waals surface area contributed by atoms with Gasteiger partial charge in [-0.3, -0.25) is 4.79 Å². The highest BCUT2D eigenvalue weighted by Gasteiger charge is 2.22. The molecule has 1 amide bonds. The molecule has 6 nitrogen and oxygen atoms in total. The lowest BCUT2D eigenvalue weighted by molar-refractivity contribution is -0.123. The highest BCUT2D eigenvalue weighted by Crippen LogP contribution is 2.36. The van der Waals surface area contributed by atoms with Crippen LogP contribution in [0.3, 0.4) is 0 Å². The number of carbonyl (C=O) groups excluding carboxylic acids is 2. The van der Waals surface area contributed by atoms with Gasteiger partial charge < -0.3 is 19.2 Å². The van der Waals surface area contributed by atoms with Crippen molar-refractivity contribution in [2.75, 3.05) is 12.4 Å². The number of carbonyl (C=O) groups is 2. The monoisotopic (exact) mass is 441 g/mol. The van der Waals surface area contributed by atoms with Crippen molar-refractivity contribution < 1.29 is 27.9 Å². The van der Waals surface area contributed by atoms with E-state index in [0.717, 1.165) is 22.9 Å². The fourth-order valence-electron chi connectivity index (χ4n) is 3.18. The lowest BCUT2D eigenvalue weighted by Gasteiger charge is -2.15. The van der Waals surface area contributed by atoms with Crippen LogP contribution in [0.2, 0.25) is 5.02 Å². The fraction of sp³-hybridized carbons (Fsp3) is 0.130. The van der Waals surface area contributed by atoms with Gasteiger partial charge in [-0.05, 0) is 37.3 Å². The Morgan fingerprint density at radius 2 is 1.84 bits per heavy atom. The minimum absolute atomic E-state index is 0.0380. The standard InChI is InChI=1S/C23H17ClFNO5/c1-12(30-23(28)15-8-7-13(25)9-17(15)24)22(27)26-18-11-20-16(10-21(18)29-2)14-5-3-4-6-19(14)31-20/h3-12H,1-2H3,(H,26,27)/t12-/m1/s1. The van der Waals surface area contributed by atoms with Gasteiger partial charge in [0.15, 0.2) is 6.10 Å². The zero-order valence-corrected chi connectivity index (χ0v) is 17.3. The number of furan rings is 1. The highest BCUT2D eigenvalue weighted by atomic mass is 35.5. The van der Waals surface area contributed by atoms with E-state index in [1.807, 2.05) is 24.3 Å². The smallest absolute Gasteiger partial charge is 0.340 e. The minimum Gasteiger partial charge on any atom is -0.495 e. The molecule has 0 aliphatic carbocycles. The molecule has 0 spiro atoms. The van der Waals surface area contributed by atoms with Crippen LogP contribution >= 0.6 is 11.6 Å². The van der Waals surface area contributed by atoms with Gasteiger partial charge in [0, 0.05) is 16.8 Å². The number of rotatable bonds is 5. The Morgan fingerprint density at radius 3 is 2.58 bits per heavy atom. The van der Waals surface area contributed by atoms with Crippen LogP contribution in [0.15, 0.2) is 59.0 Å². The minimum atomic E-state index is -1.15. The number of halogens is 2. The topological polar surface area (TPSA) is 77.8 Å². The summed E-state index contributed by atoms with van der Waals surface area (Å²) in [4.78, 5) is 24.9. The summed E-state index contributed by atoms with van der Waals surface area (Å²) < 4.78 is 29.6. The van der Waals surface area contributed by atoms with Crippen LogP contribution in [-0.4, -0.2) is 25.1 Å². The Kier molecular flexibility index (Phi) is 5.52. The zero-order chi connectivity index (χ0) is 22.1. The highest BCUT2D eigenvalue weighted by molar-refractivity contribution is 6.33. The molecule has 1 aromatic heterocycles. The third-order valence-corrected chi connectivity index (χ3v) is 5.07. The van der Waals surface area contributed by atoms with Crippen molar-refractivity contribution in [3.63, 3.8) is 0 Å². The molecule has 0 aliphatic rings. The van der Waals surface area contributed by atoms with E-state index in [1.54, 1.807) is 12.1 Å². The molecule has 4 rings (SSSR count). The lowest BCUT2D eigenvalue weighted by Crippen LogP contribution is -2.30. The number of amides is 1. The molecule has 0 fully saturated rings. The Balaban J connectivity index is 1.55. The Hall–Kier alpha value is -3.58. The van der Waals surface area contributed by atoms with E-state index < -0.39 is 23.8 Å². The third kappa shape index (κ3) is 4.04. The first-order valence-corrected chi connectivity index (χ1v) is 9.71. The zero-order valence-electron chi connectivity index (χ0n) is 16.6. The van der Waals surface area contributed by atoms with E-state index in [2.05, 4.69) is 5.32 Å². The van der Waals surface area contributed by atoms with Gasteiger partial charge in [0.2, 0.25) is 0 Å². The average molecular weight is 442 g/mol. The summed E-state index contributed by atoms with van der Waals surface area (Å²) in [6.07, 6.45) is -1.15. The van der Waals surface area contributed by atoms with Crippen molar-refractivity contribution >= 4 is 51.1 Å². The van der Waals surface area contributed by atoms with Crippen LogP contribution in [0.5, 0.6) is 5.75 Å². The second-order valence-corrected chi connectivity index (χ2v) is 7.22. The second kappa shape index (κ2) is 8.28. The normalized spacial score (nSPS) is 12.0. The summed E-state index contributed by atoms with van der Waals surface area (Å²) in [5, 5.41) is 4.35. The lowest BCUT2D eigenvalue weighted by atomic mass is 10.1. The van der Waals surface area contributed by atoms with Gasteiger partial charge in [0.25, 0.3) is 5.91 Å². The maximum absolute atomic E-state index is 13.2. The fourth-order valence-corrected chi connectivity index (χ4v) is 3.43. The number of hydrogen-bond acceptors (Lipinski definition) is 5. The van der Waals surface area contributed by atoms with Crippen LogP contribution in [0.4, 0.5) is 10.1 Å². The van der Waals surface area contributed by atoms with Crippen molar-refractivity contribution in [2.45, 2.75) is 13.0 Å². The summed E-state index contributed by atoms with van der Waals surface area (Å²) in [5.74, 6) is -1.58. The molecule has 1 atom stereocenters. The summed E-state index contributed by atoms with van der Waals surface area (Å²) in [6, 6.07) is 14.3. The number of esters is 1. The number of benzene rings is 3. The number of para-hydroxylation sites is 1. The quantitative estimate of drug-likeness (QED) is 0.409. The van der Waals surface area contributed by atoms with Crippen LogP contribution in [0.1, 0.15) is 17.3 Å². The van der Waals surface area contributed by atoms with Gasteiger partial charge in [-0.2, -0.15) is 0 Å². The van der Waals surface area contributed by atoms with E-state index in [9.17, 15) is 14.0 Å². The van der Waals surface area contributed by atoms with Gasteiger partial charge in [0.1, 0.15) is 22.7 Å². The van der Waals surface area contributed by atoms with Crippen LogP contribution in [-0.2, 0) is 9.53 Å². The molecule has 0 aliphatic heterocycles. The molecule has 0 saturated heterocycles. The second-order valence-electron chi connectivity index (χ2n) is 6.81. The van der Waals surface area contributed by atoms with Crippen LogP contribution in [0.25, 0.3) is 21.9 Å². The molecule has 1 N–H and O–H groups in total. The predicted molar refractivity (Wildman–Crippen MR) is 115 cm³/mol. The van der Waals surface area contributed by atoms with Gasteiger partial charge in [-0.1, -0.05) is 29.8 Å². The van der Waals surface area contributed by atoms with E-state index in [0.29, 0.717) is 22.6 Å². The van der Waals surface area contributed by atoms with Crippen molar-refractivity contribution in [1.29, 1.82) is 0 Å². The molecule has 4 aromatic rings. The summed E-state index contributed by atoms with van der Waals surface area (Å²) in [7, 11) is 1.49. The molecule has 0 saturated carbocycles. The van der Waals surface area contributed by atoms with E-state index in [-0.39, 0.29) is 10.6 Å². The van der Waals surface area contributed by atoms with Crippen molar-refractivity contribution in [1.82, 2.24) is 0 Å². The molecule has 0 radical (unpaired) electrons. The first-order valence-electron chi connectivity index (χ1n) is 9.33. The number of methoxy groups -OCH3 is 1. The number of fused-ring (bicyclic) bond motifs is 3. The number of hydrogen-bond donors (Lipinski definition) is 1. The third-order valence-electron chi connectivity index (χ3n) is 4.76. The molecule has 1 heterocycles. The predicted octanol–water partition coefficient (Wildman–Crippen LogP) is 5.57. The maximum Gasteiger partial charge on any atom is 0.340 e. The molecular formula is C23H17ClFNO5. The number of anilines is 1. The van der Waals surface area contributed by atoms with Crippen LogP contribution < -0.4 is 10.1 Å². The van der Waals surface area contributed by atoms with E-state index >= 15 is 0 Å². The molecule has 31 heavy (non-hydrogen) atoms. The first kappa shape index (κ1) is 20.7. The molecule has 0 bridgehead atoms. The molecule has 8 heteroatoms. The van der Waals surface area contributed by atoms with Gasteiger partial charge in [-0.25, -0.2) is 9.18 Å². The van der Waals surface area contributed by atoms with Gasteiger partial charge in [-0.15, -0.1) is 0 Å². The van der Waals surface area contributed by atoms with Crippen molar-refractivity contribution in [3.8, 4) is 5.75 Å². The largest absolute Gasteiger partial charge is 0.495 e. The van der Waals surface area contributed by atoms with E-state index in [1.165, 1.54) is 20.1 Å². The molecule has 158 valence electrons. The summed E-state index contributed by atoms with van der Waals surface area (Å²) in [6.45, 7) is 1.41. The Morgan fingerprint density at radius 1 is 1.06 bits per heavy atom. The first-order chi connectivity index (χ1) is 14.9. The van der Waals surface area contributed by atoms with E-state index in [4.69, 9.17) is 25.5 Å². The number of ether oxygens (including phenoxy) is 2. The van der Waals surface area contributed by atoms with Gasteiger partial charge >= 0.3 is 5.97 Å². The summed E-state index contributed by atoms with van der Waals surface area (Å²) >= 11 is 5.88. The Bertz CT molecular complexity index is 1320. The molecule has 3 aromatic carbocycles. The number of nitrogens with one attached hydrogen (secondary N) is 1. The average Bonchev–Trinajstić information content (AvgIpc) is 3.10. The van der Waals surface area contributed by atoms with Crippen molar-refractivity contribution in [3.05, 3.63) is 71.0 Å².